The second-order valence-corrected chi connectivity index (χ2v) is 4.94. The Hall–Kier alpha value is -0.160. The van der Waals surface area contributed by atoms with E-state index >= 15 is 0 Å². The lowest BCUT2D eigenvalue weighted by Gasteiger charge is -2.39. The maximum absolute atomic E-state index is 5.91. The van der Waals surface area contributed by atoms with Crippen LogP contribution in [0.2, 0.25) is 0 Å². The van der Waals surface area contributed by atoms with E-state index in [1.165, 1.54) is 0 Å². The van der Waals surface area contributed by atoms with Crippen molar-refractivity contribution in [1.29, 1.82) is 0 Å². The van der Waals surface area contributed by atoms with Gasteiger partial charge in [-0.2, -0.15) is 0 Å². The third-order valence-corrected chi connectivity index (χ3v) is 3.96. The van der Waals surface area contributed by atoms with Crippen LogP contribution >= 0.6 is 0 Å². The molecule has 0 bridgehead atoms. The molecule has 0 aromatic carbocycles. The van der Waals surface area contributed by atoms with Gasteiger partial charge >= 0.3 is 0 Å². The molecule has 0 N–H and O–H groups in total. The zero-order valence-corrected chi connectivity index (χ0v) is 10.7. The standard InChI is InChI=1S/C12H22O4/c1-6-9-7(2)8(3)10-11(14-9)16-12(4,13-5)15-10/h7-11H,6H2,1-5H3/t7-,8-,9?,10?,11-,12?/m0/s1. The van der Waals surface area contributed by atoms with E-state index in [1.54, 1.807) is 14.0 Å². The highest BCUT2D eigenvalue weighted by Gasteiger charge is 2.53. The first-order valence-electron chi connectivity index (χ1n) is 6.07. The van der Waals surface area contributed by atoms with Gasteiger partial charge in [0.05, 0.1) is 6.10 Å². The maximum Gasteiger partial charge on any atom is 0.282 e. The van der Waals surface area contributed by atoms with E-state index in [9.17, 15) is 0 Å². The first-order chi connectivity index (χ1) is 7.50. The average molecular weight is 230 g/mol. The molecule has 4 nitrogen and oxygen atoms in total. The van der Waals surface area contributed by atoms with Gasteiger partial charge in [-0.1, -0.05) is 20.8 Å². The predicted octanol–water partition coefficient (Wildman–Crippen LogP) is 2.13. The molecule has 0 saturated carbocycles. The van der Waals surface area contributed by atoms with Crippen molar-refractivity contribution in [3.63, 3.8) is 0 Å². The van der Waals surface area contributed by atoms with Crippen molar-refractivity contribution in [2.24, 2.45) is 11.8 Å². The summed E-state index contributed by atoms with van der Waals surface area (Å²) in [5, 5.41) is 0. The Morgan fingerprint density at radius 1 is 1.19 bits per heavy atom. The predicted molar refractivity (Wildman–Crippen MR) is 58.7 cm³/mol. The molecule has 94 valence electrons. The minimum Gasteiger partial charge on any atom is -0.346 e. The number of ether oxygens (including phenoxy) is 4. The van der Waals surface area contributed by atoms with Gasteiger partial charge in [0.2, 0.25) is 0 Å². The Labute approximate surface area is 97.2 Å². The van der Waals surface area contributed by atoms with Gasteiger partial charge < -0.3 is 14.2 Å². The van der Waals surface area contributed by atoms with Crippen LogP contribution in [0.25, 0.3) is 0 Å². The summed E-state index contributed by atoms with van der Waals surface area (Å²) in [5.74, 6) is -0.0545. The fraction of sp³-hybridized carbons (Fsp3) is 1.00. The van der Waals surface area contributed by atoms with E-state index in [-0.39, 0.29) is 18.5 Å². The Balaban J connectivity index is 2.13. The SMILES string of the molecule is CCC1O[C@H]2OC(C)(OC)OC2[C@@H](C)[C@@H]1C. The van der Waals surface area contributed by atoms with E-state index in [4.69, 9.17) is 18.9 Å². The molecular weight excluding hydrogens is 208 g/mol. The van der Waals surface area contributed by atoms with Gasteiger partial charge in [-0.3, -0.25) is 4.74 Å². The summed E-state index contributed by atoms with van der Waals surface area (Å²) < 4.78 is 22.6. The van der Waals surface area contributed by atoms with Crippen LogP contribution in [0, 0.1) is 11.8 Å². The quantitative estimate of drug-likeness (QED) is 0.728. The normalized spacial score (nSPS) is 52.7. The molecule has 0 spiro atoms. The van der Waals surface area contributed by atoms with Gasteiger partial charge in [0.25, 0.3) is 5.97 Å². The molecule has 0 radical (unpaired) electrons. The van der Waals surface area contributed by atoms with E-state index in [0.717, 1.165) is 6.42 Å². The van der Waals surface area contributed by atoms with E-state index in [1.807, 2.05) is 0 Å². The lowest BCUT2D eigenvalue weighted by atomic mass is 9.83. The molecule has 16 heavy (non-hydrogen) atoms. The molecule has 0 amide bonds. The topological polar surface area (TPSA) is 36.9 Å². The van der Waals surface area contributed by atoms with Crippen LogP contribution in [-0.2, 0) is 18.9 Å². The zero-order valence-electron chi connectivity index (χ0n) is 10.7. The van der Waals surface area contributed by atoms with Crippen molar-refractivity contribution in [2.45, 2.75) is 58.6 Å². The molecule has 2 fully saturated rings. The minimum atomic E-state index is -0.952. The summed E-state index contributed by atoms with van der Waals surface area (Å²) in [6.45, 7) is 8.33. The van der Waals surface area contributed by atoms with Crippen molar-refractivity contribution in [2.75, 3.05) is 7.11 Å². The Morgan fingerprint density at radius 3 is 2.44 bits per heavy atom. The fourth-order valence-corrected chi connectivity index (χ4v) is 2.57. The molecule has 2 heterocycles. The summed E-state index contributed by atoms with van der Waals surface area (Å²) in [6, 6.07) is 0. The van der Waals surface area contributed by atoms with Gasteiger partial charge in [-0.15, -0.1) is 0 Å². The van der Waals surface area contributed by atoms with E-state index in [0.29, 0.717) is 11.8 Å². The molecule has 2 aliphatic rings. The Morgan fingerprint density at radius 2 is 1.88 bits per heavy atom. The third-order valence-electron chi connectivity index (χ3n) is 3.96. The maximum atomic E-state index is 5.91. The molecule has 3 unspecified atom stereocenters. The summed E-state index contributed by atoms with van der Waals surface area (Å²) in [5.41, 5.74) is 0. The summed E-state index contributed by atoms with van der Waals surface area (Å²) >= 11 is 0. The fourth-order valence-electron chi connectivity index (χ4n) is 2.57. The lowest BCUT2D eigenvalue weighted by molar-refractivity contribution is -0.333. The first-order valence-corrected chi connectivity index (χ1v) is 6.07. The van der Waals surface area contributed by atoms with Gasteiger partial charge in [0.15, 0.2) is 6.29 Å². The highest BCUT2D eigenvalue weighted by Crippen LogP contribution is 2.42. The summed E-state index contributed by atoms with van der Waals surface area (Å²) in [7, 11) is 1.59. The minimum absolute atomic E-state index is 0.0252. The van der Waals surface area contributed by atoms with Crippen LogP contribution in [0.4, 0.5) is 0 Å². The molecule has 6 atom stereocenters. The zero-order chi connectivity index (χ0) is 11.9. The van der Waals surface area contributed by atoms with Crippen LogP contribution in [0.1, 0.15) is 34.1 Å². The largest absolute Gasteiger partial charge is 0.346 e. The summed E-state index contributed by atoms with van der Waals surface area (Å²) in [6.07, 6.45) is 0.935. The van der Waals surface area contributed by atoms with Crippen LogP contribution in [-0.4, -0.2) is 31.6 Å². The lowest BCUT2D eigenvalue weighted by Crippen LogP contribution is -2.47. The number of methoxy groups -OCH3 is 1. The molecule has 2 saturated heterocycles. The van der Waals surface area contributed by atoms with Crippen LogP contribution in [0.5, 0.6) is 0 Å². The van der Waals surface area contributed by atoms with E-state index in [2.05, 4.69) is 20.8 Å². The second kappa shape index (κ2) is 4.26. The van der Waals surface area contributed by atoms with Gasteiger partial charge in [0.1, 0.15) is 6.10 Å². The Kier molecular flexibility index (Phi) is 3.27. The average Bonchev–Trinajstić information content (AvgIpc) is 2.62. The van der Waals surface area contributed by atoms with Gasteiger partial charge in [-0.05, 0) is 18.3 Å². The van der Waals surface area contributed by atoms with Crippen LogP contribution in [0.3, 0.4) is 0 Å². The molecule has 0 aromatic rings. The molecule has 0 aromatic heterocycles. The molecular formula is C12H22O4. The first kappa shape index (κ1) is 12.3. The smallest absolute Gasteiger partial charge is 0.282 e. The van der Waals surface area contributed by atoms with Gasteiger partial charge in [-0.25, -0.2) is 0 Å². The molecule has 2 aliphatic heterocycles. The van der Waals surface area contributed by atoms with Gasteiger partial charge in [0, 0.05) is 14.0 Å². The number of hydrogen-bond donors (Lipinski definition) is 0. The molecule has 4 heteroatoms. The summed E-state index contributed by atoms with van der Waals surface area (Å²) in [4.78, 5) is 0. The number of fused-ring (bicyclic) bond motifs is 1. The Bertz CT molecular complexity index is 257. The van der Waals surface area contributed by atoms with Crippen molar-refractivity contribution in [3.8, 4) is 0 Å². The van der Waals surface area contributed by atoms with Crippen molar-refractivity contribution < 1.29 is 18.9 Å². The highest BCUT2D eigenvalue weighted by molar-refractivity contribution is 4.88. The second-order valence-electron chi connectivity index (χ2n) is 4.94. The number of rotatable bonds is 2. The van der Waals surface area contributed by atoms with Crippen molar-refractivity contribution >= 4 is 0 Å². The van der Waals surface area contributed by atoms with E-state index < -0.39 is 5.97 Å². The number of hydrogen-bond acceptors (Lipinski definition) is 4. The van der Waals surface area contributed by atoms with Crippen LogP contribution < -0.4 is 0 Å². The molecule has 2 rings (SSSR count). The van der Waals surface area contributed by atoms with Crippen molar-refractivity contribution in [1.82, 2.24) is 0 Å². The monoisotopic (exact) mass is 230 g/mol. The van der Waals surface area contributed by atoms with Crippen molar-refractivity contribution in [3.05, 3.63) is 0 Å². The highest BCUT2D eigenvalue weighted by atomic mass is 16.9. The van der Waals surface area contributed by atoms with Crippen LogP contribution in [0.15, 0.2) is 0 Å². The molecule has 0 aliphatic carbocycles. The third kappa shape index (κ3) is 1.88.